The van der Waals surface area contributed by atoms with E-state index in [2.05, 4.69) is 20.5 Å². The largest absolute Gasteiger partial charge is 0.450 e. The Kier molecular flexibility index (Phi) is 5.06. The third-order valence-corrected chi connectivity index (χ3v) is 2.81. The van der Waals surface area contributed by atoms with E-state index >= 15 is 0 Å². The van der Waals surface area contributed by atoms with Crippen molar-refractivity contribution in [2.45, 2.75) is 26.3 Å². The number of alkyl carbamates (subject to hydrolysis) is 1. The molecule has 106 valence electrons. The number of carbonyl (C=O) groups excluding carboxylic acids is 1. The lowest BCUT2D eigenvalue weighted by Gasteiger charge is -2.06. The number of rotatable bonds is 5. The lowest BCUT2D eigenvalue weighted by Crippen LogP contribution is -2.24. The van der Waals surface area contributed by atoms with Gasteiger partial charge in [-0.1, -0.05) is 24.9 Å². The number of unbranched alkanes of at least 4 members (excludes halogenated alkanes) is 1. The van der Waals surface area contributed by atoms with Crippen molar-refractivity contribution in [1.29, 1.82) is 0 Å². The lowest BCUT2D eigenvalue weighted by atomic mass is 10.3. The van der Waals surface area contributed by atoms with Gasteiger partial charge in [0.2, 0.25) is 0 Å². The summed E-state index contributed by atoms with van der Waals surface area (Å²) in [4.78, 5) is 15.5. The van der Waals surface area contributed by atoms with Crippen molar-refractivity contribution in [3.63, 3.8) is 0 Å². The molecule has 0 aliphatic carbocycles. The summed E-state index contributed by atoms with van der Waals surface area (Å²) in [6.07, 6.45) is 1.38. The fourth-order valence-electron chi connectivity index (χ4n) is 1.55. The van der Waals surface area contributed by atoms with E-state index in [9.17, 15) is 4.79 Å². The van der Waals surface area contributed by atoms with E-state index < -0.39 is 6.09 Å². The summed E-state index contributed by atoms with van der Waals surface area (Å²) in [5.74, 6) is 0. The van der Waals surface area contributed by atoms with Crippen LogP contribution in [0.25, 0.3) is 11.0 Å². The Morgan fingerprint density at radius 1 is 1.35 bits per heavy atom. The number of pyridine rings is 1. The normalized spacial score (nSPS) is 10.5. The van der Waals surface area contributed by atoms with E-state index in [1.807, 2.05) is 6.92 Å². The molecule has 2 aromatic heterocycles. The lowest BCUT2D eigenvalue weighted by molar-refractivity contribution is 0.144. The second kappa shape index (κ2) is 7.00. The molecule has 0 fully saturated rings. The predicted molar refractivity (Wildman–Crippen MR) is 75.4 cm³/mol. The smallest absolute Gasteiger partial charge is 0.407 e. The van der Waals surface area contributed by atoms with Gasteiger partial charge in [0.25, 0.3) is 0 Å². The maximum atomic E-state index is 11.4. The molecule has 7 heteroatoms. The van der Waals surface area contributed by atoms with Crippen molar-refractivity contribution in [1.82, 2.24) is 20.5 Å². The van der Waals surface area contributed by atoms with E-state index in [0.717, 1.165) is 12.8 Å². The number of aromatic nitrogens is 3. The van der Waals surface area contributed by atoms with Gasteiger partial charge >= 0.3 is 6.09 Å². The molecule has 20 heavy (non-hydrogen) atoms. The van der Waals surface area contributed by atoms with Crippen LogP contribution in [0.2, 0.25) is 5.15 Å². The number of fused-ring (bicyclic) bond motifs is 1. The van der Waals surface area contributed by atoms with Crippen LogP contribution in [0.4, 0.5) is 4.79 Å². The summed E-state index contributed by atoms with van der Waals surface area (Å²) in [6.45, 7) is 2.69. The van der Waals surface area contributed by atoms with Crippen LogP contribution in [0.3, 0.4) is 0 Å². The zero-order valence-corrected chi connectivity index (χ0v) is 11.9. The molecule has 2 heterocycles. The van der Waals surface area contributed by atoms with Gasteiger partial charge in [0.1, 0.15) is 10.7 Å². The second-order valence-corrected chi connectivity index (χ2v) is 4.60. The third-order valence-electron chi connectivity index (χ3n) is 2.60. The SMILES string of the molecule is CCCCOC(=O)NCc1cc2nc(Cl)ccc2nn1. The van der Waals surface area contributed by atoms with Crippen LogP contribution in [0.1, 0.15) is 25.5 Å². The van der Waals surface area contributed by atoms with Crippen LogP contribution in [0.15, 0.2) is 18.2 Å². The molecule has 0 saturated carbocycles. The van der Waals surface area contributed by atoms with Gasteiger partial charge in [-0.05, 0) is 24.6 Å². The minimum Gasteiger partial charge on any atom is -0.450 e. The maximum Gasteiger partial charge on any atom is 0.407 e. The van der Waals surface area contributed by atoms with Gasteiger partial charge < -0.3 is 10.1 Å². The van der Waals surface area contributed by atoms with E-state index in [-0.39, 0.29) is 6.54 Å². The first-order chi connectivity index (χ1) is 9.69. The van der Waals surface area contributed by atoms with Crippen molar-refractivity contribution in [2.24, 2.45) is 0 Å². The van der Waals surface area contributed by atoms with Gasteiger partial charge in [-0.15, -0.1) is 5.10 Å². The number of carbonyl (C=O) groups is 1. The summed E-state index contributed by atoms with van der Waals surface area (Å²) in [7, 11) is 0. The molecule has 0 atom stereocenters. The molecule has 0 saturated heterocycles. The standard InChI is InChI=1S/C13H15ClN4O2/c1-2-3-6-20-13(19)15-8-9-7-11-10(18-17-9)4-5-12(14)16-11/h4-5,7H,2-3,6,8H2,1H3,(H,15,19). The van der Waals surface area contributed by atoms with Crippen molar-refractivity contribution >= 4 is 28.7 Å². The monoisotopic (exact) mass is 294 g/mol. The Bertz CT molecular complexity index is 606. The Morgan fingerprint density at radius 2 is 2.20 bits per heavy atom. The number of hydrogen-bond donors (Lipinski definition) is 1. The number of amides is 1. The minimum absolute atomic E-state index is 0.238. The number of nitrogens with zero attached hydrogens (tertiary/aromatic N) is 3. The topological polar surface area (TPSA) is 77.0 Å². The highest BCUT2D eigenvalue weighted by atomic mass is 35.5. The number of ether oxygens (including phenoxy) is 1. The maximum absolute atomic E-state index is 11.4. The van der Waals surface area contributed by atoms with E-state index in [0.29, 0.717) is 28.5 Å². The molecule has 0 aliphatic rings. The predicted octanol–water partition coefficient (Wildman–Crippen LogP) is 2.70. The molecule has 6 nitrogen and oxygen atoms in total. The molecular formula is C13H15ClN4O2. The average molecular weight is 295 g/mol. The fraction of sp³-hybridized carbons (Fsp3) is 0.385. The van der Waals surface area contributed by atoms with Gasteiger partial charge in [0.15, 0.2) is 0 Å². The first kappa shape index (κ1) is 14.5. The molecular weight excluding hydrogens is 280 g/mol. The molecule has 0 aromatic carbocycles. The van der Waals surface area contributed by atoms with E-state index in [1.165, 1.54) is 0 Å². The molecule has 0 unspecified atom stereocenters. The van der Waals surface area contributed by atoms with Crippen molar-refractivity contribution in [3.05, 3.63) is 29.0 Å². The van der Waals surface area contributed by atoms with Gasteiger partial charge in [-0.2, -0.15) is 5.10 Å². The van der Waals surface area contributed by atoms with Crippen molar-refractivity contribution < 1.29 is 9.53 Å². The number of nitrogens with one attached hydrogen (secondary N) is 1. The molecule has 0 spiro atoms. The summed E-state index contributed by atoms with van der Waals surface area (Å²) in [5.41, 5.74) is 1.90. The molecule has 2 rings (SSSR count). The van der Waals surface area contributed by atoms with Gasteiger partial charge in [0.05, 0.1) is 24.4 Å². The van der Waals surface area contributed by atoms with E-state index in [1.54, 1.807) is 18.2 Å². The molecule has 2 aromatic rings. The van der Waals surface area contributed by atoms with Crippen LogP contribution in [0.5, 0.6) is 0 Å². The Morgan fingerprint density at radius 3 is 3.00 bits per heavy atom. The first-order valence-corrected chi connectivity index (χ1v) is 6.76. The van der Waals surface area contributed by atoms with Crippen LogP contribution in [0, 0.1) is 0 Å². The van der Waals surface area contributed by atoms with Gasteiger partial charge in [0, 0.05) is 0 Å². The minimum atomic E-state index is -0.459. The van der Waals surface area contributed by atoms with Crippen LogP contribution < -0.4 is 5.32 Å². The van der Waals surface area contributed by atoms with Crippen LogP contribution in [-0.4, -0.2) is 27.9 Å². The molecule has 0 aliphatic heterocycles. The summed E-state index contributed by atoms with van der Waals surface area (Å²) < 4.78 is 4.98. The first-order valence-electron chi connectivity index (χ1n) is 6.38. The van der Waals surface area contributed by atoms with Crippen molar-refractivity contribution in [3.8, 4) is 0 Å². The Balaban J connectivity index is 1.94. The second-order valence-electron chi connectivity index (χ2n) is 4.22. The molecule has 1 N–H and O–H groups in total. The average Bonchev–Trinajstić information content (AvgIpc) is 2.45. The zero-order chi connectivity index (χ0) is 14.4. The molecule has 0 bridgehead atoms. The summed E-state index contributed by atoms with van der Waals surface area (Å²) >= 11 is 5.82. The van der Waals surface area contributed by atoms with Crippen molar-refractivity contribution in [2.75, 3.05) is 6.61 Å². The quantitative estimate of drug-likeness (QED) is 0.677. The van der Waals surface area contributed by atoms with Gasteiger partial charge in [-0.25, -0.2) is 9.78 Å². The van der Waals surface area contributed by atoms with Crippen LogP contribution in [-0.2, 0) is 11.3 Å². The number of halogens is 1. The summed E-state index contributed by atoms with van der Waals surface area (Å²) in [5, 5.41) is 11.0. The summed E-state index contributed by atoms with van der Waals surface area (Å²) in [6, 6.07) is 5.13. The fourth-order valence-corrected chi connectivity index (χ4v) is 1.70. The Labute approximate surface area is 121 Å². The van der Waals surface area contributed by atoms with Gasteiger partial charge in [-0.3, -0.25) is 0 Å². The highest BCUT2D eigenvalue weighted by Gasteiger charge is 2.05. The zero-order valence-electron chi connectivity index (χ0n) is 11.1. The number of hydrogen-bond acceptors (Lipinski definition) is 5. The highest BCUT2D eigenvalue weighted by Crippen LogP contribution is 2.13. The molecule has 0 radical (unpaired) electrons. The van der Waals surface area contributed by atoms with Crippen LogP contribution >= 0.6 is 11.6 Å². The molecule has 1 amide bonds. The Hall–Kier alpha value is -1.95. The van der Waals surface area contributed by atoms with E-state index in [4.69, 9.17) is 16.3 Å². The third kappa shape index (κ3) is 4.03. The highest BCUT2D eigenvalue weighted by molar-refractivity contribution is 6.29.